The zero-order valence-corrected chi connectivity index (χ0v) is 18.3. The van der Waals surface area contributed by atoms with Gasteiger partial charge in [0, 0.05) is 24.8 Å². The number of benzene rings is 1. The fourth-order valence-corrected chi connectivity index (χ4v) is 4.24. The minimum absolute atomic E-state index is 0.273. The summed E-state index contributed by atoms with van der Waals surface area (Å²) in [4.78, 5) is 28.3. The van der Waals surface area contributed by atoms with Crippen molar-refractivity contribution >= 4 is 17.2 Å². The van der Waals surface area contributed by atoms with Crippen molar-refractivity contribution in [2.24, 2.45) is 5.73 Å². The third-order valence-corrected chi connectivity index (χ3v) is 5.86. The lowest BCUT2D eigenvalue weighted by Crippen LogP contribution is -2.19. The number of hydrogen-bond acceptors (Lipinski definition) is 6. The van der Waals surface area contributed by atoms with E-state index in [-0.39, 0.29) is 5.82 Å². The molecule has 4 heterocycles. The number of carbonyl (C=O) groups excluding carboxylic acids is 1. The molecule has 0 atom stereocenters. The van der Waals surface area contributed by atoms with Gasteiger partial charge in [0.05, 0.1) is 23.0 Å². The number of amides is 1. The van der Waals surface area contributed by atoms with E-state index in [0.29, 0.717) is 35.1 Å². The van der Waals surface area contributed by atoms with E-state index in [4.69, 9.17) is 15.7 Å². The van der Waals surface area contributed by atoms with Crippen molar-refractivity contribution in [3.05, 3.63) is 77.0 Å². The summed E-state index contributed by atoms with van der Waals surface area (Å²) in [7, 11) is 2.08. The van der Waals surface area contributed by atoms with Crippen LogP contribution >= 0.6 is 0 Å². The van der Waals surface area contributed by atoms with Crippen LogP contribution in [0.3, 0.4) is 0 Å². The molecule has 1 aromatic carbocycles. The predicted molar refractivity (Wildman–Crippen MR) is 123 cm³/mol. The van der Waals surface area contributed by atoms with Crippen LogP contribution in [0.2, 0.25) is 0 Å². The molecular formula is C24H24FN7O. The molecule has 0 radical (unpaired) electrons. The van der Waals surface area contributed by atoms with E-state index in [0.717, 1.165) is 42.8 Å². The van der Waals surface area contributed by atoms with Crippen molar-refractivity contribution in [1.29, 1.82) is 0 Å². The number of rotatable bonds is 5. The summed E-state index contributed by atoms with van der Waals surface area (Å²) >= 11 is 0. The van der Waals surface area contributed by atoms with Gasteiger partial charge in [0.15, 0.2) is 11.6 Å². The zero-order valence-electron chi connectivity index (χ0n) is 18.3. The van der Waals surface area contributed by atoms with Crippen LogP contribution in [0, 0.1) is 5.82 Å². The molecule has 1 aliphatic heterocycles. The van der Waals surface area contributed by atoms with Crippen LogP contribution < -0.4 is 11.1 Å². The average Bonchev–Trinajstić information content (AvgIpc) is 3.13. The molecule has 1 aliphatic rings. The lowest BCUT2D eigenvalue weighted by Gasteiger charge is -2.18. The largest absolute Gasteiger partial charge is 0.366 e. The van der Waals surface area contributed by atoms with Gasteiger partial charge >= 0.3 is 0 Å². The fraction of sp³-hybridized carbons (Fsp3) is 0.250. The minimum atomic E-state index is -0.518. The Morgan fingerprint density at radius 3 is 2.94 bits per heavy atom. The van der Waals surface area contributed by atoms with Crippen molar-refractivity contribution in [3.8, 4) is 11.6 Å². The Labute approximate surface area is 190 Å². The number of primary amides is 1. The van der Waals surface area contributed by atoms with E-state index < -0.39 is 5.91 Å². The van der Waals surface area contributed by atoms with Gasteiger partial charge in [-0.3, -0.25) is 9.20 Å². The number of carbonyl (C=O) groups is 1. The predicted octanol–water partition coefficient (Wildman–Crippen LogP) is 3.02. The minimum Gasteiger partial charge on any atom is -0.366 e. The number of halogens is 1. The number of aromatic nitrogens is 4. The van der Waals surface area contributed by atoms with E-state index in [1.165, 1.54) is 12.1 Å². The second kappa shape index (κ2) is 8.59. The molecule has 1 amide bonds. The Hall–Kier alpha value is -3.85. The first-order valence-corrected chi connectivity index (χ1v) is 10.8. The first kappa shape index (κ1) is 21.0. The fourth-order valence-electron chi connectivity index (χ4n) is 4.24. The highest BCUT2D eigenvalue weighted by Gasteiger charge is 2.22. The standard InChI is InChI=1S/C24H24FN7O/c1-31-9-4-8-19-18(14-31)22(27-12-15-5-2-6-16(25)11-15)30-23(29-19)24-28-13-20-17(21(26)33)7-3-10-32(20)24/h2-3,5-7,10-11,13H,4,8-9,12,14H2,1H3,(H2,26,33)(H,27,29,30). The van der Waals surface area contributed by atoms with Crippen molar-refractivity contribution < 1.29 is 9.18 Å². The molecule has 168 valence electrons. The molecular weight excluding hydrogens is 421 g/mol. The quantitative estimate of drug-likeness (QED) is 0.490. The van der Waals surface area contributed by atoms with Gasteiger partial charge in [-0.1, -0.05) is 12.1 Å². The van der Waals surface area contributed by atoms with Gasteiger partial charge in [-0.2, -0.15) is 0 Å². The monoisotopic (exact) mass is 445 g/mol. The Morgan fingerprint density at radius 2 is 2.12 bits per heavy atom. The van der Waals surface area contributed by atoms with Crippen LogP contribution in [-0.2, 0) is 19.5 Å². The maximum Gasteiger partial charge on any atom is 0.250 e. The molecule has 0 bridgehead atoms. The van der Waals surface area contributed by atoms with Gasteiger partial charge in [-0.05, 0) is 56.3 Å². The number of fused-ring (bicyclic) bond motifs is 2. The lowest BCUT2D eigenvalue weighted by molar-refractivity contribution is 0.100. The molecule has 33 heavy (non-hydrogen) atoms. The molecule has 0 spiro atoms. The van der Waals surface area contributed by atoms with Crippen LogP contribution in [0.1, 0.15) is 33.6 Å². The summed E-state index contributed by atoms with van der Waals surface area (Å²) in [6.45, 7) is 2.11. The number of aryl methyl sites for hydroxylation is 1. The second-order valence-corrected chi connectivity index (χ2v) is 8.27. The smallest absolute Gasteiger partial charge is 0.250 e. The van der Waals surface area contributed by atoms with Gasteiger partial charge in [-0.25, -0.2) is 19.3 Å². The Kier molecular flexibility index (Phi) is 5.47. The SMILES string of the molecule is CN1CCCc2nc(-c3ncc4c(C(N)=O)cccn34)nc(NCc3cccc(F)c3)c2C1. The molecule has 0 saturated carbocycles. The number of nitrogens with two attached hydrogens (primary N) is 1. The third-order valence-electron chi connectivity index (χ3n) is 5.86. The van der Waals surface area contributed by atoms with Crippen LogP contribution in [0.15, 0.2) is 48.8 Å². The van der Waals surface area contributed by atoms with Crippen molar-refractivity contribution in [2.75, 3.05) is 18.9 Å². The third kappa shape index (κ3) is 4.14. The van der Waals surface area contributed by atoms with Gasteiger partial charge in [0.1, 0.15) is 11.6 Å². The topological polar surface area (TPSA) is 101 Å². The van der Waals surface area contributed by atoms with Gasteiger partial charge < -0.3 is 16.0 Å². The summed E-state index contributed by atoms with van der Waals surface area (Å²) in [5, 5.41) is 3.39. The van der Waals surface area contributed by atoms with E-state index in [1.54, 1.807) is 28.8 Å². The summed E-state index contributed by atoms with van der Waals surface area (Å²) in [6.07, 6.45) is 5.22. The van der Waals surface area contributed by atoms with E-state index >= 15 is 0 Å². The molecule has 3 N–H and O–H groups in total. The lowest BCUT2D eigenvalue weighted by atomic mass is 10.1. The molecule has 4 aromatic rings. The number of nitrogens with one attached hydrogen (secondary N) is 1. The number of imidazole rings is 1. The first-order valence-electron chi connectivity index (χ1n) is 10.8. The Balaban J connectivity index is 1.60. The second-order valence-electron chi connectivity index (χ2n) is 8.27. The number of anilines is 1. The van der Waals surface area contributed by atoms with Crippen LogP contribution in [0.4, 0.5) is 10.2 Å². The molecule has 0 saturated heterocycles. The van der Waals surface area contributed by atoms with Crippen molar-refractivity contribution in [3.63, 3.8) is 0 Å². The summed E-state index contributed by atoms with van der Waals surface area (Å²) in [5.41, 5.74) is 9.34. The summed E-state index contributed by atoms with van der Waals surface area (Å²) < 4.78 is 15.4. The molecule has 0 fully saturated rings. The maximum atomic E-state index is 13.7. The highest BCUT2D eigenvalue weighted by molar-refractivity contribution is 5.99. The van der Waals surface area contributed by atoms with Gasteiger partial charge in [-0.15, -0.1) is 0 Å². The van der Waals surface area contributed by atoms with Crippen LogP contribution in [0.25, 0.3) is 17.2 Å². The average molecular weight is 446 g/mol. The Morgan fingerprint density at radius 1 is 1.24 bits per heavy atom. The van der Waals surface area contributed by atoms with Gasteiger partial charge in [0.25, 0.3) is 5.91 Å². The van der Waals surface area contributed by atoms with Crippen LogP contribution in [-0.4, -0.2) is 43.8 Å². The molecule has 0 unspecified atom stereocenters. The van der Waals surface area contributed by atoms with Crippen molar-refractivity contribution in [2.45, 2.75) is 25.9 Å². The number of nitrogens with zero attached hydrogens (tertiary/aromatic N) is 5. The molecule has 5 rings (SSSR count). The molecule has 0 aliphatic carbocycles. The van der Waals surface area contributed by atoms with E-state index in [1.807, 2.05) is 12.3 Å². The normalized spacial score (nSPS) is 14.1. The first-order chi connectivity index (χ1) is 16.0. The van der Waals surface area contributed by atoms with Crippen LogP contribution in [0.5, 0.6) is 0 Å². The van der Waals surface area contributed by atoms with E-state index in [9.17, 15) is 9.18 Å². The molecule has 3 aromatic heterocycles. The number of pyridine rings is 1. The molecule has 9 heteroatoms. The zero-order chi connectivity index (χ0) is 22.9. The highest BCUT2D eigenvalue weighted by atomic mass is 19.1. The van der Waals surface area contributed by atoms with Crippen molar-refractivity contribution in [1.82, 2.24) is 24.3 Å². The number of hydrogen-bond donors (Lipinski definition) is 2. The van der Waals surface area contributed by atoms with Gasteiger partial charge in [0.2, 0.25) is 0 Å². The summed E-state index contributed by atoms with van der Waals surface area (Å²) in [6, 6.07) is 9.92. The maximum absolute atomic E-state index is 13.7. The summed E-state index contributed by atoms with van der Waals surface area (Å²) in [5.74, 6) is 0.903. The Bertz CT molecular complexity index is 1350. The van der Waals surface area contributed by atoms with E-state index in [2.05, 4.69) is 22.2 Å². The molecule has 8 nitrogen and oxygen atoms in total. The highest BCUT2D eigenvalue weighted by Crippen LogP contribution is 2.27.